The molecule has 0 bridgehead atoms. The summed E-state index contributed by atoms with van der Waals surface area (Å²) in [7, 11) is 0. The molecule has 24 heavy (non-hydrogen) atoms. The van der Waals surface area contributed by atoms with Crippen LogP contribution >= 0.6 is 0 Å². The Morgan fingerprint density at radius 3 is 2.29 bits per heavy atom. The molecule has 0 saturated heterocycles. The van der Waals surface area contributed by atoms with E-state index in [0.29, 0.717) is 5.75 Å². The zero-order valence-corrected chi connectivity index (χ0v) is 12.9. The van der Waals surface area contributed by atoms with E-state index in [1.165, 1.54) is 0 Å². The molecule has 1 atom stereocenters. The highest BCUT2D eigenvalue weighted by atomic mass is 19.2. The molecule has 0 aliphatic heterocycles. The fourth-order valence-electron chi connectivity index (χ4n) is 2.03. The van der Waals surface area contributed by atoms with Gasteiger partial charge in [0.25, 0.3) is 5.91 Å². The second kappa shape index (κ2) is 7.83. The summed E-state index contributed by atoms with van der Waals surface area (Å²) in [6, 6.07) is 7.37. The first-order chi connectivity index (χ1) is 11.4. The van der Waals surface area contributed by atoms with Crippen LogP contribution in [0.4, 0.5) is 13.2 Å². The van der Waals surface area contributed by atoms with E-state index in [0.717, 1.165) is 17.7 Å². The molecule has 2 rings (SSSR count). The Morgan fingerprint density at radius 1 is 1.17 bits per heavy atom. The maximum atomic E-state index is 13.2. The molecule has 0 spiro atoms. The van der Waals surface area contributed by atoms with Crippen molar-refractivity contribution in [3.05, 3.63) is 65.0 Å². The van der Waals surface area contributed by atoms with E-state index in [2.05, 4.69) is 5.32 Å². The molecular weight excluding hydrogens is 323 g/mol. The number of rotatable bonds is 6. The molecule has 0 aromatic heterocycles. The van der Waals surface area contributed by atoms with Crippen molar-refractivity contribution in [1.29, 1.82) is 0 Å². The van der Waals surface area contributed by atoms with E-state index in [-0.39, 0.29) is 12.2 Å². The Balaban J connectivity index is 1.99. The first kappa shape index (κ1) is 17.8. The molecule has 1 unspecified atom stereocenters. The fraction of sp³-hybridized carbons (Fsp3) is 0.235. The first-order valence-electron chi connectivity index (χ1n) is 7.15. The molecule has 0 heterocycles. The summed E-state index contributed by atoms with van der Waals surface area (Å²) in [5, 5.41) is 11.7. The first-order valence-corrected chi connectivity index (χ1v) is 7.15. The van der Waals surface area contributed by atoms with Crippen LogP contribution in [0.15, 0.2) is 36.4 Å². The lowest BCUT2D eigenvalue weighted by Gasteiger charge is -2.17. The molecule has 4 nitrogen and oxygen atoms in total. The molecule has 0 aliphatic carbocycles. The van der Waals surface area contributed by atoms with Crippen molar-refractivity contribution in [3.8, 4) is 5.75 Å². The van der Waals surface area contributed by atoms with Crippen molar-refractivity contribution >= 4 is 5.91 Å². The van der Waals surface area contributed by atoms with Gasteiger partial charge in [-0.25, -0.2) is 13.2 Å². The fourth-order valence-corrected chi connectivity index (χ4v) is 2.03. The zero-order chi connectivity index (χ0) is 17.7. The molecule has 2 aromatic rings. The van der Waals surface area contributed by atoms with Gasteiger partial charge in [-0.3, -0.25) is 4.79 Å². The number of amides is 1. The van der Waals surface area contributed by atoms with Gasteiger partial charge < -0.3 is 15.2 Å². The van der Waals surface area contributed by atoms with E-state index in [1.54, 1.807) is 12.1 Å². The van der Waals surface area contributed by atoms with Crippen LogP contribution in [0.5, 0.6) is 5.75 Å². The number of nitrogens with one attached hydrogen (secondary N) is 1. The van der Waals surface area contributed by atoms with Gasteiger partial charge in [-0.1, -0.05) is 17.7 Å². The Kier molecular flexibility index (Phi) is 5.81. The van der Waals surface area contributed by atoms with Crippen LogP contribution < -0.4 is 10.1 Å². The summed E-state index contributed by atoms with van der Waals surface area (Å²) in [6.07, 6.45) is 0. The molecule has 1 amide bonds. The number of aliphatic hydroxyl groups excluding tert-OH is 1. The Bertz CT molecular complexity index is 697. The number of aryl methyl sites for hydroxylation is 1. The quantitative estimate of drug-likeness (QED) is 0.796. The number of benzene rings is 2. The molecule has 128 valence electrons. The average Bonchev–Trinajstić information content (AvgIpc) is 2.56. The number of carbonyl (C=O) groups excluding carboxylic acids is 1. The van der Waals surface area contributed by atoms with Crippen LogP contribution in [0.25, 0.3) is 0 Å². The van der Waals surface area contributed by atoms with E-state index in [4.69, 9.17) is 4.74 Å². The van der Waals surface area contributed by atoms with Crippen molar-refractivity contribution in [2.75, 3.05) is 13.2 Å². The van der Waals surface area contributed by atoms with Crippen molar-refractivity contribution in [1.82, 2.24) is 5.32 Å². The van der Waals surface area contributed by atoms with Gasteiger partial charge in [0.1, 0.15) is 5.75 Å². The average molecular weight is 339 g/mol. The van der Waals surface area contributed by atoms with Crippen molar-refractivity contribution in [3.63, 3.8) is 0 Å². The second-order valence-electron chi connectivity index (χ2n) is 5.20. The van der Waals surface area contributed by atoms with Gasteiger partial charge in [-0.05, 0) is 36.8 Å². The summed E-state index contributed by atoms with van der Waals surface area (Å²) in [5.74, 6) is -4.51. The standard InChI is InChI=1S/C17H16F3NO3/c1-10-2-4-12(5-3-10)24-9-16(23)21-15(8-22)11-6-13(18)17(20)14(19)7-11/h2-7,15,22H,8-9H2,1H3,(H,21,23). The molecule has 0 radical (unpaired) electrons. The molecule has 2 N–H and O–H groups in total. The molecule has 7 heteroatoms. The Morgan fingerprint density at radius 2 is 1.75 bits per heavy atom. The Hall–Kier alpha value is -2.54. The lowest BCUT2D eigenvalue weighted by atomic mass is 10.1. The highest BCUT2D eigenvalue weighted by Gasteiger charge is 2.19. The number of aliphatic hydroxyl groups is 1. The maximum absolute atomic E-state index is 13.2. The maximum Gasteiger partial charge on any atom is 0.258 e. The third-order valence-corrected chi connectivity index (χ3v) is 3.32. The van der Waals surface area contributed by atoms with Gasteiger partial charge in [-0.15, -0.1) is 0 Å². The third-order valence-electron chi connectivity index (χ3n) is 3.32. The second-order valence-corrected chi connectivity index (χ2v) is 5.20. The highest BCUT2D eigenvalue weighted by Crippen LogP contribution is 2.19. The number of hydrogen-bond acceptors (Lipinski definition) is 3. The van der Waals surface area contributed by atoms with Crippen molar-refractivity contribution in [2.24, 2.45) is 0 Å². The third kappa shape index (κ3) is 4.48. The van der Waals surface area contributed by atoms with Crippen LogP contribution in [-0.4, -0.2) is 24.2 Å². The van der Waals surface area contributed by atoms with Gasteiger partial charge >= 0.3 is 0 Å². The number of halogens is 3. The van der Waals surface area contributed by atoms with Crippen LogP contribution in [0.1, 0.15) is 17.2 Å². The van der Waals surface area contributed by atoms with Gasteiger partial charge in [0.05, 0.1) is 12.6 Å². The van der Waals surface area contributed by atoms with Gasteiger partial charge in [0, 0.05) is 0 Å². The minimum absolute atomic E-state index is 0.0856. The SMILES string of the molecule is Cc1ccc(OCC(=O)NC(CO)c2cc(F)c(F)c(F)c2)cc1. The summed E-state index contributed by atoms with van der Waals surface area (Å²) in [6.45, 7) is 0.954. The highest BCUT2D eigenvalue weighted by molar-refractivity contribution is 5.78. The smallest absolute Gasteiger partial charge is 0.258 e. The zero-order valence-electron chi connectivity index (χ0n) is 12.9. The minimum Gasteiger partial charge on any atom is -0.484 e. The van der Waals surface area contributed by atoms with Gasteiger partial charge in [0.2, 0.25) is 0 Å². The predicted octanol–water partition coefficient (Wildman–Crippen LogP) is 2.64. The lowest BCUT2D eigenvalue weighted by molar-refractivity contribution is -0.124. The topological polar surface area (TPSA) is 58.6 Å². The Labute approximate surface area is 136 Å². The number of hydrogen-bond donors (Lipinski definition) is 2. The molecule has 0 aliphatic rings. The van der Waals surface area contributed by atoms with Crippen LogP contribution in [0, 0.1) is 24.4 Å². The van der Waals surface area contributed by atoms with Gasteiger partial charge in [-0.2, -0.15) is 0 Å². The monoisotopic (exact) mass is 339 g/mol. The van der Waals surface area contributed by atoms with Gasteiger partial charge in [0.15, 0.2) is 24.1 Å². The number of carbonyl (C=O) groups is 1. The van der Waals surface area contributed by atoms with E-state index in [1.807, 2.05) is 19.1 Å². The van der Waals surface area contributed by atoms with Crippen LogP contribution in [0.3, 0.4) is 0 Å². The van der Waals surface area contributed by atoms with E-state index in [9.17, 15) is 23.1 Å². The summed E-state index contributed by atoms with van der Waals surface area (Å²) >= 11 is 0. The van der Waals surface area contributed by atoms with E-state index < -0.39 is 36.0 Å². The summed E-state index contributed by atoms with van der Waals surface area (Å²) < 4.78 is 44.7. The van der Waals surface area contributed by atoms with Crippen molar-refractivity contribution < 1.29 is 27.8 Å². The van der Waals surface area contributed by atoms with Crippen molar-refractivity contribution in [2.45, 2.75) is 13.0 Å². The van der Waals surface area contributed by atoms with E-state index >= 15 is 0 Å². The van der Waals surface area contributed by atoms with Crippen LogP contribution in [0.2, 0.25) is 0 Å². The summed E-state index contributed by atoms with van der Waals surface area (Å²) in [4.78, 5) is 11.9. The predicted molar refractivity (Wildman–Crippen MR) is 81.0 cm³/mol. The lowest BCUT2D eigenvalue weighted by Crippen LogP contribution is -2.34. The summed E-state index contributed by atoms with van der Waals surface area (Å²) in [5.41, 5.74) is 0.949. The van der Waals surface area contributed by atoms with Crippen LogP contribution in [-0.2, 0) is 4.79 Å². The molecule has 0 fully saturated rings. The molecular formula is C17H16F3NO3. The molecule has 0 saturated carbocycles. The largest absolute Gasteiger partial charge is 0.484 e. The molecule has 2 aromatic carbocycles. The normalized spacial score (nSPS) is 11.9. The minimum atomic E-state index is -1.61. The number of ether oxygens (including phenoxy) is 1.